The van der Waals surface area contributed by atoms with Crippen molar-refractivity contribution in [2.24, 2.45) is 0 Å². The molecule has 0 radical (unpaired) electrons. The van der Waals surface area contributed by atoms with Crippen LogP contribution in [-0.2, 0) is 6.54 Å². The molecule has 1 aliphatic rings. The second-order valence-electron chi connectivity index (χ2n) is 5.90. The summed E-state index contributed by atoms with van der Waals surface area (Å²) in [7, 11) is 4.12. The quantitative estimate of drug-likeness (QED) is 0.884. The number of benzene rings is 2. The van der Waals surface area contributed by atoms with E-state index in [0.717, 1.165) is 11.6 Å². The molecule has 0 aliphatic heterocycles. The molecular formula is C18H21ClN2. The predicted molar refractivity (Wildman–Crippen MR) is 91.1 cm³/mol. The van der Waals surface area contributed by atoms with Crippen molar-refractivity contribution in [2.45, 2.75) is 25.4 Å². The van der Waals surface area contributed by atoms with Crippen molar-refractivity contribution in [2.75, 3.05) is 19.0 Å². The highest BCUT2D eigenvalue weighted by molar-refractivity contribution is 6.30. The zero-order valence-corrected chi connectivity index (χ0v) is 13.3. The average molecular weight is 301 g/mol. The second kappa shape index (κ2) is 6.08. The van der Waals surface area contributed by atoms with Crippen LogP contribution in [0, 0.1) is 0 Å². The number of nitrogens with one attached hydrogen (secondary N) is 1. The van der Waals surface area contributed by atoms with E-state index in [9.17, 15) is 0 Å². The molecule has 0 atom stereocenters. The monoisotopic (exact) mass is 300 g/mol. The standard InChI is InChI=1S/C18H21ClN2/c1-21(2)17-8-3-13(4-9-17)18-10-5-15(19)11-14(18)12-20-16-6-7-16/h3-5,8-11,16,20H,6-7,12H2,1-2H3. The molecule has 0 unspecified atom stereocenters. The zero-order chi connectivity index (χ0) is 14.8. The van der Waals surface area contributed by atoms with Gasteiger partial charge in [0.25, 0.3) is 0 Å². The lowest BCUT2D eigenvalue weighted by Gasteiger charge is -2.15. The summed E-state index contributed by atoms with van der Waals surface area (Å²) in [5.74, 6) is 0. The number of hydrogen-bond acceptors (Lipinski definition) is 2. The van der Waals surface area contributed by atoms with E-state index in [1.807, 2.05) is 6.07 Å². The van der Waals surface area contributed by atoms with E-state index < -0.39 is 0 Å². The molecule has 0 spiro atoms. The number of halogens is 1. The molecule has 0 aromatic heterocycles. The Kier molecular flexibility index (Phi) is 4.18. The smallest absolute Gasteiger partial charge is 0.0409 e. The van der Waals surface area contributed by atoms with Crippen molar-refractivity contribution in [1.82, 2.24) is 5.32 Å². The topological polar surface area (TPSA) is 15.3 Å². The maximum Gasteiger partial charge on any atom is 0.0409 e. The largest absolute Gasteiger partial charge is 0.378 e. The van der Waals surface area contributed by atoms with Crippen molar-refractivity contribution in [3.63, 3.8) is 0 Å². The summed E-state index contributed by atoms with van der Waals surface area (Å²) in [4.78, 5) is 2.11. The molecule has 1 saturated carbocycles. The summed E-state index contributed by atoms with van der Waals surface area (Å²) in [6.45, 7) is 0.885. The lowest BCUT2D eigenvalue weighted by atomic mass is 9.99. The Bertz CT molecular complexity index is 616. The van der Waals surface area contributed by atoms with Crippen LogP contribution in [0.2, 0.25) is 5.02 Å². The fraction of sp³-hybridized carbons (Fsp3) is 0.333. The minimum atomic E-state index is 0.702. The van der Waals surface area contributed by atoms with Crippen molar-refractivity contribution in [1.29, 1.82) is 0 Å². The Morgan fingerprint density at radius 2 is 1.81 bits per heavy atom. The van der Waals surface area contributed by atoms with Crippen LogP contribution >= 0.6 is 11.6 Å². The maximum atomic E-state index is 6.17. The average Bonchev–Trinajstić information content (AvgIpc) is 3.29. The highest BCUT2D eigenvalue weighted by atomic mass is 35.5. The summed E-state index contributed by atoms with van der Waals surface area (Å²) < 4.78 is 0. The number of nitrogens with zero attached hydrogens (tertiary/aromatic N) is 1. The van der Waals surface area contributed by atoms with Gasteiger partial charge in [-0.1, -0.05) is 29.8 Å². The van der Waals surface area contributed by atoms with E-state index in [0.29, 0.717) is 6.04 Å². The second-order valence-corrected chi connectivity index (χ2v) is 6.33. The maximum absolute atomic E-state index is 6.17. The third-order valence-corrected chi connectivity index (χ3v) is 4.16. The van der Waals surface area contributed by atoms with Gasteiger partial charge in [0.1, 0.15) is 0 Å². The highest BCUT2D eigenvalue weighted by Crippen LogP contribution is 2.29. The molecule has 1 N–H and O–H groups in total. The lowest BCUT2D eigenvalue weighted by molar-refractivity contribution is 0.689. The van der Waals surface area contributed by atoms with E-state index in [-0.39, 0.29) is 0 Å². The molecule has 0 amide bonds. The molecule has 0 bridgehead atoms. The Hall–Kier alpha value is -1.51. The molecule has 0 saturated heterocycles. The van der Waals surface area contributed by atoms with Crippen LogP contribution in [-0.4, -0.2) is 20.1 Å². The van der Waals surface area contributed by atoms with Crippen molar-refractivity contribution in [3.8, 4) is 11.1 Å². The molecule has 2 aromatic carbocycles. The van der Waals surface area contributed by atoms with Gasteiger partial charge in [0.2, 0.25) is 0 Å². The van der Waals surface area contributed by atoms with E-state index in [4.69, 9.17) is 11.6 Å². The van der Waals surface area contributed by atoms with Gasteiger partial charge in [0.05, 0.1) is 0 Å². The van der Waals surface area contributed by atoms with Crippen LogP contribution < -0.4 is 10.2 Å². The normalized spacial score (nSPS) is 14.2. The summed E-state index contributed by atoms with van der Waals surface area (Å²) in [6, 6.07) is 15.5. The number of rotatable bonds is 5. The SMILES string of the molecule is CN(C)c1ccc(-c2ccc(Cl)cc2CNC2CC2)cc1. The first-order valence-electron chi connectivity index (χ1n) is 7.43. The molecule has 1 fully saturated rings. The van der Waals surface area contributed by atoms with Gasteiger partial charge in [-0.05, 0) is 53.8 Å². The van der Waals surface area contributed by atoms with E-state index in [1.54, 1.807) is 0 Å². The van der Waals surface area contributed by atoms with E-state index >= 15 is 0 Å². The first-order chi connectivity index (χ1) is 10.1. The molecule has 3 heteroatoms. The molecule has 21 heavy (non-hydrogen) atoms. The third kappa shape index (κ3) is 3.58. The fourth-order valence-corrected chi connectivity index (χ4v) is 2.67. The van der Waals surface area contributed by atoms with Gasteiger partial charge >= 0.3 is 0 Å². The van der Waals surface area contributed by atoms with Gasteiger partial charge in [-0.3, -0.25) is 0 Å². The van der Waals surface area contributed by atoms with E-state index in [2.05, 4.69) is 60.7 Å². The van der Waals surface area contributed by atoms with Crippen LogP contribution in [0.4, 0.5) is 5.69 Å². The van der Waals surface area contributed by atoms with Crippen LogP contribution in [0.1, 0.15) is 18.4 Å². The van der Waals surface area contributed by atoms with Crippen molar-refractivity contribution < 1.29 is 0 Å². The van der Waals surface area contributed by atoms with Crippen LogP contribution in [0.3, 0.4) is 0 Å². The van der Waals surface area contributed by atoms with Crippen molar-refractivity contribution in [3.05, 3.63) is 53.1 Å². The van der Waals surface area contributed by atoms with Gasteiger partial charge in [-0.25, -0.2) is 0 Å². The Labute approximate surface area is 131 Å². The van der Waals surface area contributed by atoms with Gasteiger partial charge in [-0.15, -0.1) is 0 Å². The van der Waals surface area contributed by atoms with E-state index in [1.165, 1.54) is 35.2 Å². The molecule has 2 aromatic rings. The van der Waals surface area contributed by atoms with Crippen LogP contribution in [0.15, 0.2) is 42.5 Å². The first-order valence-corrected chi connectivity index (χ1v) is 7.81. The molecule has 110 valence electrons. The summed E-state index contributed by atoms with van der Waals surface area (Å²) in [6.07, 6.45) is 2.60. The van der Waals surface area contributed by atoms with Gasteiger partial charge in [0.15, 0.2) is 0 Å². The summed E-state index contributed by atoms with van der Waals surface area (Å²) in [5, 5.41) is 4.38. The Morgan fingerprint density at radius 3 is 2.43 bits per heavy atom. The first kappa shape index (κ1) is 14.4. The Morgan fingerprint density at radius 1 is 1.10 bits per heavy atom. The fourth-order valence-electron chi connectivity index (χ4n) is 2.47. The molecule has 3 rings (SSSR count). The number of hydrogen-bond donors (Lipinski definition) is 1. The predicted octanol–water partition coefficient (Wildman–Crippen LogP) is 4.33. The molecule has 0 heterocycles. The minimum Gasteiger partial charge on any atom is -0.378 e. The zero-order valence-electron chi connectivity index (χ0n) is 12.6. The molecule has 1 aliphatic carbocycles. The molecule has 2 nitrogen and oxygen atoms in total. The van der Waals surface area contributed by atoms with Crippen molar-refractivity contribution >= 4 is 17.3 Å². The third-order valence-electron chi connectivity index (χ3n) is 3.92. The minimum absolute atomic E-state index is 0.702. The van der Waals surface area contributed by atoms with Gasteiger partial charge < -0.3 is 10.2 Å². The summed E-state index contributed by atoms with van der Waals surface area (Å²) >= 11 is 6.17. The van der Waals surface area contributed by atoms with Gasteiger partial charge in [0, 0.05) is 37.4 Å². The number of anilines is 1. The highest BCUT2D eigenvalue weighted by Gasteiger charge is 2.20. The molecular weight excluding hydrogens is 280 g/mol. The Balaban J connectivity index is 1.88. The van der Waals surface area contributed by atoms with Gasteiger partial charge in [-0.2, -0.15) is 0 Å². The lowest BCUT2D eigenvalue weighted by Crippen LogP contribution is -2.15. The van der Waals surface area contributed by atoms with Crippen LogP contribution in [0.5, 0.6) is 0 Å². The van der Waals surface area contributed by atoms with Crippen LogP contribution in [0.25, 0.3) is 11.1 Å². The summed E-state index contributed by atoms with van der Waals surface area (Å²) in [5.41, 5.74) is 4.99.